The lowest BCUT2D eigenvalue weighted by Crippen LogP contribution is -2.24. The predicted octanol–water partition coefficient (Wildman–Crippen LogP) is 1.63. The van der Waals surface area contributed by atoms with Crippen LogP contribution in [0.25, 0.3) is 0 Å². The van der Waals surface area contributed by atoms with Gasteiger partial charge in [0.25, 0.3) is 0 Å². The molecule has 0 unspecified atom stereocenters. The van der Waals surface area contributed by atoms with Gasteiger partial charge in [0.2, 0.25) is 0 Å². The Morgan fingerprint density at radius 1 is 1.43 bits per heavy atom. The first-order valence-corrected chi connectivity index (χ1v) is 4.93. The largest absolute Gasteiger partial charge is 0.495 e. The van der Waals surface area contributed by atoms with Crippen molar-refractivity contribution in [3.8, 4) is 5.75 Å². The van der Waals surface area contributed by atoms with Crippen LogP contribution in [-0.2, 0) is 6.42 Å². The molecule has 1 aromatic rings. The van der Waals surface area contributed by atoms with Crippen molar-refractivity contribution < 1.29 is 4.74 Å². The Hall–Kier alpha value is -1.09. The molecule has 0 radical (unpaired) electrons. The lowest BCUT2D eigenvalue weighted by Gasteiger charge is -2.08. The molecule has 0 aliphatic carbocycles. The minimum Gasteiger partial charge on any atom is -0.495 e. The van der Waals surface area contributed by atoms with Gasteiger partial charge in [-0.05, 0) is 24.6 Å². The third kappa shape index (κ3) is 3.75. The van der Waals surface area contributed by atoms with Gasteiger partial charge in [-0.1, -0.05) is 13.8 Å². The second kappa shape index (κ2) is 5.60. The summed E-state index contributed by atoms with van der Waals surface area (Å²) in [7, 11) is 1.66. The molecule has 0 aliphatic rings. The Morgan fingerprint density at radius 3 is 2.86 bits per heavy atom. The molecular weight excluding hydrogens is 176 g/mol. The van der Waals surface area contributed by atoms with E-state index in [2.05, 4.69) is 24.1 Å². The Balaban J connectivity index is 2.42. The summed E-state index contributed by atoms with van der Waals surface area (Å²) in [5.74, 6) is 0.826. The van der Waals surface area contributed by atoms with Crippen LogP contribution >= 0.6 is 0 Å². The summed E-state index contributed by atoms with van der Waals surface area (Å²) in [4.78, 5) is 4.10. The minimum absolute atomic E-state index is 0.536. The molecule has 1 heterocycles. The van der Waals surface area contributed by atoms with Crippen molar-refractivity contribution >= 4 is 0 Å². The summed E-state index contributed by atoms with van der Waals surface area (Å²) in [6.07, 6.45) is 4.59. The molecule has 1 aromatic heterocycles. The third-order valence-electron chi connectivity index (χ3n) is 1.97. The molecule has 0 amide bonds. The smallest absolute Gasteiger partial charge is 0.137 e. The van der Waals surface area contributed by atoms with E-state index in [0.29, 0.717) is 6.04 Å². The highest BCUT2D eigenvalue weighted by Gasteiger charge is 1.97. The first kappa shape index (κ1) is 11.0. The fourth-order valence-corrected chi connectivity index (χ4v) is 1.22. The van der Waals surface area contributed by atoms with Gasteiger partial charge in [-0.15, -0.1) is 0 Å². The quantitative estimate of drug-likeness (QED) is 0.773. The number of nitrogens with zero attached hydrogens (tertiary/aromatic N) is 1. The molecule has 0 aromatic carbocycles. The summed E-state index contributed by atoms with van der Waals surface area (Å²) in [6, 6.07) is 2.56. The van der Waals surface area contributed by atoms with E-state index in [0.717, 1.165) is 18.7 Å². The zero-order valence-corrected chi connectivity index (χ0v) is 9.08. The van der Waals surface area contributed by atoms with Crippen LogP contribution in [0, 0.1) is 0 Å². The number of hydrogen-bond donors (Lipinski definition) is 1. The molecule has 0 bridgehead atoms. The Morgan fingerprint density at radius 2 is 2.21 bits per heavy atom. The summed E-state index contributed by atoms with van der Waals surface area (Å²) in [6.45, 7) is 5.26. The topological polar surface area (TPSA) is 34.1 Å². The van der Waals surface area contributed by atoms with E-state index in [1.165, 1.54) is 5.56 Å². The van der Waals surface area contributed by atoms with Crippen LogP contribution < -0.4 is 10.1 Å². The van der Waals surface area contributed by atoms with Gasteiger partial charge in [-0.2, -0.15) is 0 Å². The van der Waals surface area contributed by atoms with Crippen molar-refractivity contribution in [2.24, 2.45) is 0 Å². The van der Waals surface area contributed by atoms with E-state index in [9.17, 15) is 0 Å². The van der Waals surface area contributed by atoms with Crippen molar-refractivity contribution in [2.75, 3.05) is 13.7 Å². The molecule has 1 rings (SSSR count). The van der Waals surface area contributed by atoms with E-state index in [1.54, 1.807) is 13.3 Å². The van der Waals surface area contributed by atoms with Crippen LogP contribution in [0.5, 0.6) is 5.75 Å². The third-order valence-corrected chi connectivity index (χ3v) is 1.97. The molecule has 3 nitrogen and oxygen atoms in total. The SMILES string of the molecule is COc1cncc(CCNC(C)C)c1. The molecule has 0 fully saturated rings. The van der Waals surface area contributed by atoms with Crippen LogP contribution in [0.15, 0.2) is 18.5 Å². The normalized spacial score (nSPS) is 10.6. The van der Waals surface area contributed by atoms with Crippen LogP contribution in [0.3, 0.4) is 0 Å². The monoisotopic (exact) mass is 194 g/mol. The average Bonchev–Trinajstić information content (AvgIpc) is 2.18. The van der Waals surface area contributed by atoms with Crippen molar-refractivity contribution in [2.45, 2.75) is 26.3 Å². The van der Waals surface area contributed by atoms with Gasteiger partial charge in [-0.3, -0.25) is 4.98 Å². The molecule has 0 saturated carbocycles. The van der Waals surface area contributed by atoms with Crippen molar-refractivity contribution in [1.29, 1.82) is 0 Å². The highest BCUT2D eigenvalue weighted by molar-refractivity contribution is 5.23. The molecule has 0 spiro atoms. The molecule has 14 heavy (non-hydrogen) atoms. The predicted molar refractivity (Wildman–Crippen MR) is 57.6 cm³/mol. The van der Waals surface area contributed by atoms with Crippen LogP contribution in [-0.4, -0.2) is 24.7 Å². The molecular formula is C11H18N2O. The number of hydrogen-bond acceptors (Lipinski definition) is 3. The summed E-state index contributed by atoms with van der Waals surface area (Å²) >= 11 is 0. The summed E-state index contributed by atoms with van der Waals surface area (Å²) < 4.78 is 5.10. The number of methoxy groups -OCH3 is 1. The van der Waals surface area contributed by atoms with Crippen molar-refractivity contribution in [3.05, 3.63) is 24.0 Å². The lowest BCUT2D eigenvalue weighted by molar-refractivity contribution is 0.412. The van der Waals surface area contributed by atoms with Crippen LogP contribution in [0.1, 0.15) is 19.4 Å². The van der Waals surface area contributed by atoms with Gasteiger partial charge in [-0.25, -0.2) is 0 Å². The Bertz CT molecular complexity index is 274. The zero-order valence-electron chi connectivity index (χ0n) is 9.08. The van der Waals surface area contributed by atoms with E-state index >= 15 is 0 Å². The van der Waals surface area contributed by atoms with Gasteiger partial charge in [0.1, 0.15) is 5.75 Å². The highest BCUT2D eigenvalue weighted by Crippen LogP contribution is 2.10. The number of aromatic nitrogens is 1. The van der Waals surface area contributed by atoms with Gasteiger partial charge in [0.15, 0.2) is 0 Å². The number of pyridine rings is 1. The molecule has 0 aliphatic heterocycles. The molecule has 0 saturated heterocycles. The summed E-state index contributed by atoms with van der Waals surface area (Å²) in [5, 5.41) is 3.36. The number of nitrogens with one attached hydrogen (secondary N) is 1. The van der Waals surface area contributed by atoms with Gasteiger partial charge < -0.3 is 10.1 Å². The van der Waals surface area contributed by atoms with E-state index < -0.39 is 0 Å². The molecule has 3 heteroatoms. The second-order valence-corrected chi connectivity index (χ2v) is 3.59. The average molecular weight is 194 g/mol. The molecule has 1 N–H and O–H groups in total. The standard InChI is InChI=1S/C11H18N2O/c1-9(2)13-5-4-10-6-11(14-3)8-12-7-10/h6-9,13H,4-5H2,1-3H3. The minimum atomic E-state index is 0.536. The zero-order chi connectivity index (χ0) is 10.4. The maximum Gasteiger partial charge on any atom is 0.137 e. The Labute approximate surface area is 85.5 Å². The van der Waals surface area contributed by atoms with Gasteiger partial charge >= 0.3 is 0 Å². The first-order valence-electron chi connectivity index (χ1n) is 4.93. The lowest BCUT2D eigenvalue weighted by atomic mass is 10.2. The summed E-state index contributed by atoms with van der Waals surface area (Å²) in [5.41, 5.74) is 1.21. The van der Waals surface area contributed by atoms with E-state index in [4.69, 9.17) is 4.74 Å². The first-order chi connectivity index (χ1) is 6.72. The Kier molecular flexibility index (Phi) is 4.40. The fraction of sp³-hybridized carbons (Fsp3) is 0.545. The number of rotatable bonds is 5. The van der Waals surface area contributed by atoms with Crippen LogP contribution in [0.2, 0.25) is 0 Å². The van der Waals surface area contributed by atoms with E-state index in [1.807, 2.05) is 12.3 Å². The fourth-order valence-electron chi connectivity index (χ4n) is 1.22. The van der Waals surface area contributed by atoms with E-state index in [-0.39, 0.29) is 0 Å². The number of ether oxygens (including phenoxy) is 1. The molecule has 78 valence electrons. The second-order valence-electron chi connectivity index (χ2n) is 3.59. The molecule has 0 atom stereocenters. The van der Waals surface area contributed by atoms with Crippen molar-refractivity contribution in [3.63, 3.8) is 0 Å². The van der Waals surface area contributed by atoms with Gasteiger partial charge in [0, 0.05) is 12.2 Å². The van der Waals surface area contributed by atoms with Crippen LogP contribution in [0.4, 0.5) is 0 Å². The van der Waals surface area contributed by atoms with Gasteiger partial charge in [0.05, 0.1) is 13.3 Å². The maximum absolute atomic E-state index is 5.10. The van der Waals surface area contributed by atoms with Crippen molar-refractivity contribution in [1.82, 2.24) is 10.3 Å². The highest BCUT2D eigenvalue weighted by atomic mass is 16.5. The maximum atomic E-state index is 5.10.